The van der Waals surface area contributed by atoms with Crippen molar-refractivity contribution in [2.24, 2.45) is 0 Å². The van der Waals surface area contributed by atoms with Gasteiger partial charge in [-0.3, -0.25) is 9.59 Å². The number of rotatable bonds is 8. The first kappa shape index (κ1) is 21.2. The number of benzene rings is 3. The Hall–Kier alpha value is -3.48. The van der Waals surface area contributed by atoms with E-state index in [1.54, 1.807) is 24.3 Å². The van der Waals surface area contributed by atoms with Gasteiger partial charge >= 0.3 is 0 Å². The highest BCUT2D eigenvalue weighted by Gasteiger charge is 2.21. The number of anilines is 2. The molecule has 0 unspecified atom stereocenters. The van der Waals surface area contributed by atoms with E-state index < -0.39 is 12.2 Å². The van der Waals surface area contributed by atoms with Gasteiger partial charge in [-0.25, -0.2) is 0 Å². The summed E-state index contributed by atoms with van der Waals surface area (Å²) in [6.07, 6.45) is -1.42. The van der Waals surface area contributed by atoms with E-state index in [1.807, 2.05) is 60.7 Å². The van der Waals surface area contributed by atoms with E-state index in [1.165, 1.54) is 14.2 Å². The smallest absolute Gasteiger partial charge is 0.258 e. The van der Waals surface area contributed by atoms with Crippen LogP contribution >= 0.6 is 0 Å². The van der Waals surface area contributed by atoms with Crippen molar-refractivity contribution >= 4 is 23.2 Å². The minimum Gasteiger partial charge on any atom is -0.367 e. The monoisotopic (exact) mass is 404 g/mol. The first-order chi connectivity index (χ1) is 14.6. The summed E-state index contributed by atoms with van der Waals surface area (Å²) in [7, 11) is 2.99. The normalized spacial score (nSPS) is 12.6. The molecule has 0 aliphatic heterocycles. The summed E-state index contributed by atoms with van der Waals surface area (Å²) in [5.41, 5.74) is 2.74. The molecule has 0 heterocycles. The van der Waals surface area contributed by atoms with E-state index >= 15 is 0 Å². The molecule has 0 aromatic heterocycles. The molecule has 3 aromatic carbocycles. The van der Waals surface area contributed by atoms with Crippen molar-refractivity contribution in [1.29, 1.82) is 0 Å². The summed E-state index contributed by atoms with van der Waals surface area (Å²) in [6, 6.07) is 25.4. The first-order valence-electron chi connectivity index (χ1n) is 9.49. The van der Waals surface area contributed by atoms with Crippen LogP contribution in [0.5, 0.6) is 0 Å². The molecule has 0 spiro atoms. The maximum atomic E-state index is 12.6. The van der Waals surface area contributed by atoms with Crippen LogP contribution in [-0.2, 0) is 19.1 Å². The molecule has 6 nitrogen and oxygen atoms in total. The predicted octanol–water partition coefficient (Wildman–Crippen LogP) is 4.34. The fourth-order valence-electron chi connectivity index (χ4n) is 3.10. The van der Waals surface area contributed by atoms with Crippen LogP contribution in [0.1, 0.15) is 23.3 Å². The zero-order valence-electron chi connectivity index (χ0n) is 16.9. The lowest BCUT2D eigenvalue weighted by molar-refractivity contribution is -0.126. The number of carbonyl (C=O) groups excluding carboxylic acids is 2. The van der Waals surface area contributed by atoms with E-state index in [9.17, 15) is 9.59 Å². The molecule has 6 heteroatoms. The third kappa shape index (κ3) is 5.31. The van der Waals surface area contributed by atoms with Crippen molar-refractivity contribution in [3.63, 3.8) is 0 Å². The highest BCUT2D eigenvalue weighted by Crippen LogP contribution is 2.22. The van der Waals surface area contributed by atoms with Gasteiger partial charge in [-0.15, -0.1) is 0 Å². The van der Waals surface area contributed by atoms with Crippen molar-refractivity contribution in [2.45, 2.75) is 12.2 Å². The van der Waals surface area contributed by atoms with Gasteiger partial charge in [0.2, 0.25) is 0 Å². The van der Waals surface area contributed by atoms with Crippen LogP contribution in [0, 0.1) is 0 Å². The second-order valence-electron chi connectivity index (χ2n) is 6.61. The quantitative estimate of drug-likeness (QED) is 0.586. The maximum absolute atomic E-state index is 12.6. The summed E-state index contributed by atoms with van der Waals surface area (Å²) < 4.78 is 10.7. The Balaban J connectivity index is 1.63. The lowest BCUT2D eigenvalue weighted by Crippen LogP contribution is -2.23. The average molecular weight is 404 g/mol. The van der Waals surface area contributed by atoms with Crippen molar-refractivity contribution in [3.05, 3.63) is 96.1 Å². The summed E-state index contributed by atoms with van der Waals surface area (Å²) >= 11 is 0. The number of hydrogen-bond donors (Lipinski definition) is 2. The molecule has 0 saturated carbocycles. The van der Waals surface area contributed by atoms with Crippen LogP contribution in [0.15, 0.2) is 84.9 Å². The molecule has 0 fully saturated rings. The van der Waals surface area contributed by atoms with Gasteiger partial charge in [-0.1, -0.05) is 60.7 Å². The van der Waals surface area contributed by atoms with Crippen LogP contribution in [-0.4, -0.2) is 26.0 Å². The Morgan fingerprint density at radius 1 is 0.600 bits per heavy atom. The third-order valence-electron chi connectivity index (χ3n) is 4.57. The molecule has 3 aromatic rings. The van der Waals surface area contributed by atoms with Crippen LogP contribution in [0.2, 0.25) is 0 Å². The standard InChI is InChI=1S/C24H24N2O4/c1-29-21(17-9-5-3-6-10-17)23(27)25-19-13-15-20(16-14-19)26-24(28)22(30-2)18-11-7-4-8-12-18/h3-16,21-22H,1-2H3,(H,25,27)(H,26,28)/t21-,22-/m0/s1. The van der Waals surface area contributed by atoms with Gasteiger partial charge in [-0.05, 0) is 35.4 Å². The Kier molecular flexibility index (Phi) is 7.32. The summed E-state index contributed by atoms with van der Waals surface area (Å²) in [5.74, 6) is -0.548. The second kappa shape index (κ2) is 10.3. The van der Waals surface area contributed by atoms with Crippen LogP contribution in [0.25, 0.3) is 0 Å². The molecule has 30 heavy (non-hydrogen) atoms. The van der Waals surface area contributed by atoms with E-state index in [4.69, 9.17) is 9.47 Å². The van der Waals surface area contributed by atoms with Crippen molar-refractivity contribution in [2.75, 3.05) is 24.9 Å². The Labute approximate surface area is 175 Å². The molecule has 2 amide bonds. The second-order valence-corrected chi connectivity index (χ2v) is 6.61. The highest BCUT2D eigenvalue weighted by molar-refractivity contribution is 5.96. The molecule has 0 aliphatic carbocycles. The maximum Gasteiger partial charge on any atom is 0.258 e. The SMILES string of the molecule is CO[C@H](C(=O)Nc1ccc(NC(=O)[C@@H](OC)c2ccccc2)cc1)c1ccccc1. The van der Waals surface area contributed by atoms with Crippen LogP contribution in [0.3, 0.4) is 0 Å². The van der Waals surface area contributed by atoms with Gasteiger partial charge in [0, 0.05) is 25.6 Å². The van der Waals surface area contributed by atoms with Gasteiger partial charge in [0.15, 0.2) is 12.2 Å². The van der Waals surface area contributed by atoms with Gasteiger partial charge in [0.1, 0.15) is 0 Å². The van der Waals surface area contributed by atoms with E-state index in [0.717, 1.165) is 11.1 Å². The lowest BCUT2D eigenvalue weighted by atomic mass is 10.1. The van der Waals surface area contributed by atoms with Crippen LogP contribution in [0.4, 0.5) is 11.4 Å². The minimum absolute atomic E-state index is 0.274. The third-order valence-corrected chi connectivity index (χ3v) is 4.57. The van der Waals surface area contributed by atoms with Gasteiger partial charge in [0.05, 0.1) is 0 Å². The molecule has 154 valence electrons. The van der Waals surface area contributed by atoms with Gasteiger partial charge in [0.25, 0.3) is 11.8 Å². The summed E-state index contributed by atoms with van der Waals surface area (Å²) in [5, 5.41) is 5.66. The van der Waals surface area contributed by atoms with Crippen molar-refractivity contribution < 1.29 is 19.1 Å². The fraction of sp³-hybridized carbons (Fsp3) is 0.167. The molecule has 0 aliphatic rings. The molecule has 0 bridgehead atoms. The number of nitrogens with one attached hydrogen (secondary N) is 2. The van der Waals surface area contributed by atoms with Crippen molar-refractivity contribution in [1.82, 2.24) is 0 Å². The largest absolute Gasteiger partial charge is 0.367 e. The van der Waals surface area contributed by atoms with E-state index in [2.05, 4.69) is 10.6 Å². The average Bonchev–Trinajstić information content (AvgIpc) is 2.78. The Morgan fingerprint density at radius 3 is 1.23 bits per heavy atom. The zero-order chi connectivity index (χ0) is 21.3. The highest BCUT2D eigenvalue weighted by atomic mass is 16.5. The van der Waals surface area contributed by atoms with Crippen molar-refractivity contribution in [3.8, 4) is 0 Å². The molecule has 3 rings (SSSR count). The zero-order valence-corrected chi connectivity index (χ0v) is 16.9. The van der Waals surface area contributed by atoms with Gasteiger partial charge < -0.3 is 20.1 Å². The molecule has 2 N–H and O–H groups in total. The van der Waals surface area contributed by atoms with Gasteiger partial charge in [-0.2, -0.15) is 0 Å². The Morgan fingerprint density at radius 2 is 0.933 bits per heavy atom. The molecule has 0 radical (unpaired) electrons. The predicted molar refractivity (Wildman–Crippen MR) is 116 cm³/mol. The molecular weight excluding hydrogens is 380 g/mol. The number of carbonyl (C=O) groups is 2. The minimum atomic E-state index is -0.709. The fourth-order valence-corrected chi connectivity index (χ4v) is 3.10. The number of hydrogen-bond acceptors (Lipinski definition) is 4. The topological polar surface area (TPSA) is 76.7 Å². The number of amides is 2. The summed E-state index contributed by atoms with van der Waals surface area (Å²) in [6.45, 7) is 0. The van der Waals surface area contributed by atoms with Crippen LogP contribution < -0.4 is 10.6 Å². The molecular formula is C24H24N2O4. The summed E-state index contributed by atoms with van der Waals surface area (Å²) in [4.78, 5) is 25.1. The number of methoxy groups -OCH3 is 2. The van der Waals surface area contributed by atoms with E-state index in [0.29, 0.717) is 11.4 Å². The first-order valence-corrected chi connectivity index (χ1v) is 9.49. The molecule has 2 atom stereocenters. The van der Waals surface area contributed by atoms with E-state index in [-0.39, 0.29) is 11.8 Å². The number of ether oxygens (including phenoxy) is 2. The Bertz CT molecular complexity index is 879. The molecule has 0 saturated heterocycles. The lowest BCUT2D eigenvalue weighted by Gasteiger charge is -2.17.